The van der Waals surface area contributed by atoms with Crippen LogP contribution in [0.5, 0.6) is 0 Å². The van der Waals surface area contributed by atoms with Crippen LogP contribution in [0.3, 0.4) is 0 Å². The van der Waals surface area contributed by atoms with E-state index in [1.165, 1.54) is 11.1 Å². The molecule has 0 aliphatic rings. The van der Waals surface area contributed by atoms with Gasteiger partial charge in [-0.1, -0.05) is 60.7 Å². The number of hydrogen-bond acceptors (Lipinski definition) is 0. The Morgan fingerprint density at radius 2 is 0.485 bits per heavy atom. The van der Waals surface area contributed by atoms with Gasteiger partial charge in [0.15, 0.2) is 0 Å². The van der Waals surface area contributed by atoms with Crippen LogP contribution in [0.25, 0.3) is 11.1 Å². The van der Waals surface area contributed by atoms with Crippen LogP contribution in [0.1, 0.15) is 0 Å². The minimum Gasteiger partial charge on any atom is -0.368 e. The minimum absolute atomic E-state index is 0. The van der Waals surface area contributed by atoms with E-state index in [1.807, 2.05) is 110 Å². The highest BCUT2D eigenvalue weighted by molar-refractivity contribution is 8.93. The van der Waals surface area contributed by atoms with Crippen LogP contribution in [0.4, 0.5) is 0 Å². The smallest absolute Gasteiger partial charge is 0.000496 e. The fourth-order valence-electron chi connectivity index (χ4n) is 2.37. The molecule has 0 atom stereocenters. The molecule has 6 rings (SSSR count). The highest BCUT2D eigenvalue weighted by Gasteiger charge is 1.91. The molecular formula is C28H31BrN4. The second-order valence-corrected chi connectivity index (χ2v) is 6.27. The molecule has 170 valence electrons. The van der Waals surface area contributed by atoms with Crippen molar-refractivity contribution in [3.63, 3.8) is 0 Å². The van der Waals surface area contributed by atoms with Crippen LogP contribution >= 0.6 is 17.0 Å². The summed E-state index contributed by atoms with van der Waals surface area (Å²) in [6.07, 6.45) is 15.0. The quantitative estimate of drug-likeness (QED) is 0.176. The van der Waals surface area contributed by atoms with Gasteiger partial charge >= 0.3 is 0 Å². The number of H-pyrrole nitrogens is 4. The molecule has 0 unspecified atom stereocenters. The number of aromatic nitrogens is 4. The number of halogens is 1. The largest absolute Gasteiger partial charge is 0.368 e. The van der Waals surface area contributed by atoms with E-state index in [2.05, 4.69) is 68.5 Å². The van der Waals surface area contributed by atoms with E-state index in [0.29, 0.717) is 0 Å². The Morgan fingerprint density at radius 3 is 0.636 bits per heavy atom. The van der Waals surface area contributed by atoms with E-state index in [1.54, 1.807) is 0 Å². The van der Waals surface area contributed by atoms with Gasteiger partial charge in [0.1, 0.15) is 0 Å². The van der Waals surface area contributed by atoms with Gasteiger partial charge in [-0.05, 0) is 59.7 Å². The first-order chi connectivity index (χ1) is 16.0. The van der Waals surface area contributed by atoms with E-state index in [-0.39, 0.29) is 17.0 Å². The first-order valence-electron chi connectivity index (χ1n) is 10.4. The SMILES string of the molecule is Br.c1cc[nH]c1.c1cc[nH]c1.c1cc[nH]c1.c1cc[nH]c1.c1ccc(-c2ccccc2)cc1. The maximum Gasteiger partial charge on any atom is 0.000496 e. The van der Waals surface area contributed by atoms with Crippen molar-refractivity contribution in [2.45, 2.75) is 0 Å². The third-order valence-corrected chi connectivity index (χ3v) is 3.86. The summed E-state index contributed by atoms with van der Waals surface area (Å²) < 4.78 is 0. The molecule has 33 heavy (non-hydrogen) atoms. The highest BCUT2D eigenvalue weighted by Crippen LogP contribution is 2.17. The summed E-state index contributed by atoms with van der Waals surface area (Å²) in [5, 5.41) is 0. The van der Waals surface area contributed by atoms with Gasteiger partial charge in [0, 0.05) is 49.6 Å². The third-order valence-electron chi connectivity index (χ3n) is 3.86. The molecule has 4 heterocycles. The molecule has 0 spiro atoms. The summed E-state index contributed by atoms with van der Waals surface area (Å²) in [6.45, 7) is 0. The highest BCUT2D eigenvalue weighted by atomic mass is 79.9. The molecule has 6 aromatic rings. The van der Waals surface area contributed by atoms with Crippen LogP contribution < -0.4 is 0 Å². The van der Waals surface area contributed by atoms with Crippen molar-refractivity contribution >= 4 is 17.0 Å². The zero-order valence-corrected chi connectivity index (χ0v) is 20.1. The number of rotatable bonds is 1. The summed E-state index contributed by atoms with van der Waals surface area (Å²) in [7, 11) is 0. The third kappa shape index (κ3) is 14.6. The lowest BCUT2D eigenvalue weighted by Gasteiger charge is -1.98. The molecule has 0 radical (unpaired) electrons. The van der Waals surface area contributed by atoms with Gasteiger partial charge in [-0.2, -0.15) is 0 Å². The van der Waals surface area contributed by atoms with Gasteiger partial charge < -0.3 is 19.9 Å². The maximum absolute atomic E-state index is 2.86. The minimum atomic E-state index is 0. The summed E-state index contributed by atoms with van der Waals surface area (Å²) in [4.78, 5) is 11.4. The molecule has 4 aromatic heterocycles. The maximum atomic E-state index is 2.86. The molecular weight excluding hydrogens is 472 g/mol. The molecule has 0 saturated heterocycles. The predicted molar refractivity (Wildman–Crippen MR) is 145 cm³/mol. The van der Waals surface area contributed by atoms with Crippen LogP contribution in [0.2, 0.25) is 0 Å². The van der Waals surface area contributed by atoms with Crippen molar-refractivity contribution in [3.8, 4) is 11.1 Å². The molecule has 2 aromatic carbocycles. The van der Waals surface area contributed by atoms with Gasteiger partial charge in [0.2, 0.25) is 0 Å². The van der Waals surface area contributed by atoms with Crippen molar-refractivity contribution in [1.29, 1.82) is 0 Å². The zero-order chi connectivity index (χ0) is 22.4. The number of aromatic amines is 4. The van der Waals surface area contributed by atoms with Gasteiger partial charge in [0.05, 0.1) is 0 Å². The molecule has 5 heteroatoms. The van der Waals surface area contributed by atoms with E-state index >= 15 is 0 Å². The first-order valence-corrected chi connectivity index (χ1v) is 10.4. The summed E-state index contributed by atoms with van der Waals surface area (Å²) in [5.74, 6) is 0. The lowest BCUT2D eigenvalue weighted by Crippen LogP contribution is -1.73. The summed E-state index contributed by atoms with van der Waals surface area (Å²) in [5.41, 5.74) is 2.55. The van der Waals surface area contributed by atoms with Crippen molar-refractivity contribution in [2.75, 3.05) is 0 Å². The summed E-state index contributed by atoms with van der Waals surface area (Å²) in [6, 6.07) is 36.3. The first kappa shape index (κ1) is 27.1. The Hall–Kier alpha value is -3.96. The molecule has 4 nitrogen and oxygen atoms in total. The average molecular weight is 503 g/mol. The predicted octanol–water partition coefficient (Wildman–Crippen LogP) is 7.99. The number of nitrogens with one attached hydrogen (secondary N) is 4. The molecule has 0 fully saturated rings. The molecule has 0 aliphatic heterocycles. The Labute approximate surface area is 206 Å². The normalized spacial score (nSPS) is 8.36. The molecule has 0 bridgehead atoms. The second kappa shape index (κ2) is 20.0. The van der Waals surface area contributed by atoms with Gasteiger partial charge in [-0.25, -0.2) is 0 Å². The summed E-state index contributed by atoms with van der Waals surface area (Å²) >= 11 is 0. The lowest BCUT2D eigenvalue weighted by atomic mass is 10.1. The van der Waals surface area contributed by atoms with Crippen molar-refractivity contribution < 1.29 is 0 Å². The standard InChI is InChI=1S/C12H10.4C4H5N.BrH/c1-3-7-11(8-4-1)12-9-5-2-6-10-12;4*1-2-4-5-3-1;/h1-10H;4*1-5H;1H. The topological polar surface area (TPSA) is 63.2 Å². The average Bonchev–Trinajstić information content (AvgIpc) is 3.70. The monoisotopic (exact) mass is 502 g/mol. The Morgan fingerprint density at radius 1 is 0.273 bits per heavy atom. The fourth-order valence-corrected chi connectivity index (χ4v) is 2.37. The molecule has 0 amide bonds. The van der Waals surface area contributed by atoms with Crippen molar-refractivity contribution in [1.82, 2.24) is 19.9 Å². The van der Waals surface area contributed by atoms with Crippen LogP contribution in [0, 0.1) is 0 Å². The molecule has 4 N–H and O–H groups in total. The van der Waals surface area contributed by atoms with E-state index in [4.69, 9.17) is 0 Å². The molecule has 0 saturated carbocycles. The fraction of sp³-hybridized carbons (Fsp3) is 0. The van der Waals surface area contributed by atoms with Crippen LogP contribution in [0.15, 0.2) is 159 Å². The van der Waals surface area contributed by atoms with E-state index < -0.39 is 0 Å². The lowest BCUT2D eigenvalue weighted by molar-refractivity contribution is 1.41. The van der Waals surface area contributed by atoms with E-state index in [9.17, 15) is 0 Å². The Kier molecular flexibility index (Phi) is 16.4. The Bertz CT molecular complexity index is 829. The van der Waals surface area contributed by atoms with Crippen molar-refractivity contribution in [2.24, 2.45) is 0 Å². The van der Waals surface area contributed by atoms with Crippen molar-refractivity contribution in [3.05, 3.63) is 159 Å². The van der Waals surface area contributed by atoms with Gasteiger partial charge in [-0.15, -0.1) is 17.0 Å². The second-order valence-electron chi connectivity index (χ2n) is 6.27. The Balaban J connectivity index is 0.000000220. The molecule has 0 aliphatic carbocycles. The van der Waals surface area contributed by atoms with Gasteiger partial charge in [0.25, 0.3) is 0 Å². The van der Waals surface area contributed by atoms with Crippen LogP contribution in [-0.2, 0) is 0 Å². The number of benzene rings is 2. The van der Waals surface area contributed by atoms with Crippen LogP contribution in [-0.4, -0.2) is 19.9 Å². The van der Waals surface area contributed by atoms with E-state index in [0.717, 1.165) is 0 Å². The zero-order valence-electron chi connectivity index (χ0n) is 18.4. The number of hydrogen-bond donors (Lipinski definition) is 4. The van der Waals surface area contributed by atoms with Gasteiger partial charge in [-0.3, -0.25) is 0 Å².